The predicted octanol–water partition coefficient (Wildman–Crippen LogP) is 1.12. The Hall–Kier alpha value is -2.36. The van der Waals surface area contributed by atoms with E-state index in [0.29, 0.717) is 25.4 Å². The average molecular weight is 669 g/mol. The third-order valence-corrected chi connectivity index (χ3v) is 10.6. The van der Waals surface area contributed by atoms with E-state index in [1.54, 1.807) is 34.6 Å². The predicted molar refractivity (Wildman–Crippen MR) is 170 cm³/mol. The average Bonchev–Trinajstić information content (AvgIpc) is 3.80. The zero-order valence-corrected chi connectivity index (χ0v) is 29.4. The van der Waals surface area contributed by atoms with Gasteiger partial charge in [0.25, 0.3) is 0 Å². The molecule has 0 aromatic carbocycles. The number of hydrogen-bond acceptors (Lipinski definition) is 12. The summed E-state index contributed by atoms with van der Waals surface area (Å²) in [5, 5.41) is 20.7. The van der Waals surface area contributed by atoms with E-state index in [2.05, 4.69) is 16.0 Å². The summed E-state index contributed by atoms with van der Waals surface area (Å²) in [5.74, 6) is -4.32. The van der Waals surface area contributed by atoms with Crippen LogP contribution in [0.25, 0.3) is 0 Å². The van der Waals surface area contributed by atoms with Crippen LogP contribution in [0, 0.1) is 17.8 Å². The van der Waals surface area contributed by atoms with Crippen molar-refractivity contribution in [2.75, 3.05) is 34.4 Å². The van der Waals surface area contributed by atoms with E-state index < -0.39 is 77.4 Å². The maximum absolute atomic E-state index is 14.0. The molecule has 4 fully saturated rings. The Morgan fingerprint density at radius 3 is 2.36 bits per heavy atom. The highest BCUT2D eigenvalue weighted by atomic mass is 16.7. The molecular weight excluding hydrogens is 612 g/mol. The number of ketones is 1. The third kappa shape index (κ3) is 8.27. The van der Waals surface area contributed by atoms with E-state index in [0.717, 1.165) is 12.8 Å². The summed E-state index contributed by atoms with van der Waals surface area (Å²) in [7, 11) is 5.26. The first-order chi connectivity index (χ1) is 22.1. The zero-order valence-electron chi connectivity index (χ0n) is 29.4. The van der Waals surface area contributed by atoms with Crippen LogP contribution < -0.4 is 16.0 Å². The molecule has 268 valence electrons. The molecule has 1 aliphatic carbocycles. The number of nitrogens with one attached hydrogen (secondary N) is 3. The number of fused-ring (bicyclic) bond motifs is 1. The lowest BCUT2D eigenvalue weighted by Crippen LogP contribution is -2.60. The monoisotopic (exact) mass is 668 g/mol. The standard InChI is InChI=1S/C33H56N4O10/c1-10-33-16-44-29(41)19(4)24(38)18(3)27(46-30-25(39)23(37(7)8)13-22(45-30)15-34-21-11-12-21)32(6,43-9)14-17(2)28(40)35-20(5)26(33)36-31(42)47-33/h17-23,25-27,30,34,39H,10-16H2,1-9H3,(H,35,40)(H,36,42)/t17-,18+,19?,20-,22?,23?,25?,26-,27-,30?,32-,33-/m1/s1. The van der Waals surface area contributed by atoms with E-state index in [1.165, 1.54) is 14.0 Å². The fraction of sp³-hybridized carbons (Fsp3) is 0.879. The lowest BCUT2D eigenvalue weighted by molar-refractivity contribution is -0.296. The second-order valence-electron chi connectivity index (χ2n) is 14.5. The molecule has 3 heterocycles. The van der Waals surface area contributed by atoms with Crippen LogP contribution in [0.5, 0.6) is 0 Å². The molecule has 4 aliphatic rings. The normalized spacial score (nSPS) is 42.4. The van der Waals surface area contributed by atoms with Gasteiger partial charge in [0.05, 0.1) is 29.9 Å². The first kappa shape index (κ1) is 37.5. The van der Waals surface area contributed by atoms with Crippen LogP contribution in [0.1, 0.15) is 73.6 Å². The summed E-state index contributed by atoms with van der Waals surface area (Å²) in [5.41, 5.74) is -2.49. The fourth-order valence-corrected chi connectivity index (χ4v) is 7.27. The van der Waals surface area contributed by atoms with Crippen molar-refractivity contribution in [2.24, 2.45) is 17.8 Å². The number of esters is 1. The molecule has 14 nitrogen and oxygen atoms in total. The number of ether oxygens (including phenoxy) is 5. The molecule has 4 rings (SSSR count). The Morgan fingerprint density at radius 2 is 1.77 bits per heavy atom. The van der Waals surface area contributed by atoms with Crippen molar-refractivity contribution in [3.63, 3.8) is 0 Å². The van der Waals surface area contributed by atoms with Crippen molar-refractivity contribution in [3.05, 3.63) is 0 Å². The smallest absolute Gasteiger partial charge is 0.408 e. The maximum Gasteiger partial charge on any atom is 0.408 e. The van der Waals surface area contributed by atoms with E-state index in [-0.39, 0.29) is 31.1 Å². The summed E-state index contributed by atoms with van der Waals surface area (Å²) in [6.07, 6.45) is -0.895. The van der Waals surface area contributed by atoms with Crippen molar-refractivity contribution in [1.29, 1.82) is 0 Å². The van der Waals surface area contributed by atoms with Crippen LogP contribution in [-0.4, -0.2) is 128 Å². The Morgan fingerprint density at radius 1 is 1.09 bits per heavy atom. The first-order valence-corrected chi connectivity index (χ1v) is 17.0. The van der Waals surface area contributed by atoms with Gasteiger partial charge < -0.3 is 49.6 Å². The Balaban J connectivity index is 1.68. The number of nitrogens with zero attached hydrogens (tertiary/aromatic N) is 1. The number of aliphatic hydroxyl groups is 1. The second-order valence-corrected chi connectivity index (χ2v) is 14.5. The highest BCUT2D eigenvalue weighted by Crippen LogP contribution is 2.37. The van der Waals surface area contributed by atoms with Crippen LogP contribution in [0.2, 0.25) is 0 Å². The van der Waals surface area contributed by atoms with Gasteiger partial charge >= 0.3 is 12.1 Å². The fourth-order valence-electron chi connectivity index (χ4n) is 7.27. The van der Waals surface area contributed by atoms with Gasteiger partial charge in [0, 0.05) is 37.6 Å². The van der Waals surface area contributed by atoms with Gasteiger partial charge in [-0.3, -0.25) is 14.4 Å². The molecule has 0 aromatic rings. The van der Waals surface area contributed by atoms with Gasteiger partial charge in [-0.2, -0.15) is 0 Å². The molecule has 0 aromatic heterocycles. The topological polar surface area (TPSA) is 174 Å². The number of alkyl carbamates (subject to hydrolysis) is 1. The number of carbonyl (C=O) groups is 4. The maximum atomic E-state index is 14.0. The number of amides is 2. The number of rotatable bonds is 8. The Labute approximate surface area is 278 Å². The lowest BCUT2D eigenvalue weighted by atomic mass is 9.78. The molecule has 3 aliphatic heterocycles. The molecule has 0 radical (unpaired) electrons. The van der Waals surface area contributed by atoms with Crippen LogP contribution >= 0.6 is 0 Å². The van der Waals surface area contributed by atoms with Crippen LogP contribution in [-0.2, 0) is 38.1 Å². The second kappa shape index (κ2) is 15.0. The lowest BCUT2D eigenvalue weighted by Gasteiger charge is -2.47. The highest BCUT2D eigenvalue weighted by molar-refractivity contribution is 6.00. The number of aliphatic hydroxyl groups excluding tert-OH is 1. The molecule has 5 unspecified atom stereocenters. The summed E-state index contributed by atoms with van der Waals surface area (Å²) in [4.78, 5) is 55.4. The van der Waals surface area contributed by atoms with Gasteiger partial charge in [-0.25, -0.2) is 4.79 Å². The van der Waals surface area contributed by atoms with Crippen LogP contribution in [0.3, 0.4) is 0 Å². The molecule has 0 bridgehead atoms. The minimum atomic E-state index is -1.24. The summed E-state index contributed by atoms with van der Waals surface area (Å²) in [6, 6.07) is -1.10. The van der Waals surface area contributed by atoms with Crippen molar-refractivity contribution in [3.8, 4) is 0 Å². The highest BCUT2D eigenvalue weighted by Gasteiger charge is 2.54. The Bertz CT molecular complexity index is 1150. The van der Waals surface area contributed by atoms with E-state index in [4.69, 9.17) is 23.7 Å². The van der Waals surface area contributed by atoms with Gasteiger partial charge in [-0.15, -0.1) is 0 Å². The summed E-state index contributed by atoms with van der Waals surface area (Å²) in [6.45, 7) is 10.5. The minimum Gasteiger partial charge on any atom is -0.461 e. The van der Waals surface area contributed by atoms with Gasteiger partial charge in [-0.05, 0) is 67.0 Å². The van der Waals surface area contributed by atoms with Gasteiger partial charge in [-0.1, -0.05) is 20.8 Å². The molecule has 1 saturated carbocycles. The molecule has 4 N–H and O–H groups in total. The molecule has 3 saturated heterocycles. The SMILES string of the molecule is CC[C@@]12COC(=O)C(C)C(=O)[C@H](C)[C@@H](OC3OC(CNC4CC4)CC(N(C)C)C3O)[C@](C)(OC)C[C@@H](C)C(=O)N[C@H](C)[C@H]1NC(=O)O2. The molecule has 2 amide bonds. The zero-order chi connectivity index (χ0) is 34.8. The number of Topliss-reactive ketones (excluding diaryl/α,β-unsaturated/α-hetero) is 1. The van der Waals surface area contributed by atoms with Crippen molar-refractivity contribution >= 4 is 23.8 Å². The first-order valence-electron chi connectivity index (χ1n) is 17.0. The molecular formula is C33H56N4O10. The quantitative estimate of drug-likeness (QED) is 0.215. The number of methoxy groups -OCH3 is 1. The van der Waals surface area contributed by atoms with Gasteiger partial charge in [0.2, 0.25) is 5.91 Å². The van der Waals surface area contributed by atoms with Crippen molar-refractivity contribution < 1.29 is 48.0 Å². The van der Waals surface area contributed by atoms with Crippen LogP contribution in [0.4, 0.5) is 4.79 Å². The van der Waals surface area contributed by atoms with E-state index >= 15 is 0 Å². The molecule has 14 heteroatoms. The minimum absolute atomic E-state index is 0.127. The van der Waals surface area contributed by atoms with Crippen LogP contribution in [0.15, 0.2) is 0 Å². The number of hydrogen-bond donors (Lipinski definition) is 4. The molecule has 12 atom stereocenters. The van der Waals surface area contributed by atoms with E-state index in [1.807, 2.05) is 19.0 Å². The van der Waals surface area contributed by atoms with Gasteiger partial charge in [0.1, 0.15) is 18.6 Å². The van der Waals surface area contributed by atoms with Gasteiger partial charge in [0.15, 0.2) is 17.7 Å². The third-order valence-electron chi connectivity index (χ3n) is 10.6. The molecule has 47 heavy (non-hydrogen) atoms. The largest absolute Gasteiger partial charge is 0.461 e. The Kier molecular flexibility index (Phi) is 12.0. The summed E-state index contributed by atoms with van der Waals surface area (Å²) < 4.78 is 30.3. The van der Waals surface area contributed by atoms with E-state index in [9.17, 15) is 24.3 Å². The number of likely N-dealkylation sites (N-methyl/N-ethyl adjacent to an activating group) is 1. The number of cyclic esters (lactones) is 1. The van der Waals surface area contributed by atoms with Crippen molar-refractivity contribution in [2.45, 2.75) is 134 Å². The number of carbonyl (C=O) groups excluding carboxylic acids is 4. The van der Waals surface area contributed by atoms with Crippen molar-refractivity contribution in [1.82, 2.24) is 20.9 Å². The summed E-state index contributed by atoms with van der Waals surface area (Å²) >= 11 is 0. The molecule has 0 spiro atoms.